The quantitative estimate of drug-likeness (QED) is 0.713. The van der Waals surface area contributed by atoms with Gasteiger partial charge in [-0.3, -0.25) is 4.90 Å². The van der Waals surface area contributed by atoms with Crippen LogP contribution in [0.15, 0.2) is 22.8 Å². The van der Waals surface area contributed by atoms with Crippen LogP contribution in [0.25, 0.3) is 0 Å². The van der Waals surface area contributed by atoms with Gasteiger partial charge in [0.1, 0.15) is 5.76 Å². The summed E-state index contributed by atoms with van der Waals surface area (Å²) in [4.78, 5) is 4.82. The summed E-state index contributed by atoms with van der Waals surface area (Å²) < 4.78 is 5.34. The molecule has 0 saturated heterocycles. The molecule has 1 atom stereocenters. The second-order valence-electron chi connectivity index (χ2n) is 6.25. The number of furan rings is 1. The van der Waals surface area contributed by atoms with Crippen LogP contribution in [0.3, 0.4) is 0 Å². The van der Waals surface area contributed by atoms with Crippen molar-refractivity contribution in [2.75, 3.05) is 40.3 Å². The fourth-order valence-corrected chi connectivity index (χ4v) is 2.24. The second kappa shape index (κ2) is 9.16. The first-order chi connectivity index (χ1) is 9.49. The molecule has 1 aromatic heterocycles. The number of hydrogen-bond donors (Lipinski definition) is 1. The maximum absolute atomic E-state index is 5.34. The van der Waals surface area contributed by atoms with Gasteiger partial charge in [0, 0.05) is 32.2 Å². The smallest absolute Gasteiger partial charge is 0.117 e. The zero-order valence-electron chi connectivity index (χ0n) is 13.7. The lowest BCUT2D eigenvalue weighted by molar-refractivity contribution is 0.166. The van der Waals surface area contributed by atoms with Gasteiger partial charge in [0.05, 0.1) is 12.8 Å². The Morgan fingerprint density at radius 2 is 1.95 bits per heavy atom. The number of nitrogens with zero attached hydrogens (tertiary/aromatic N) is 2. The van der Waals surface area contributed by atoms with Crippen LogP contribution in [0, 0.1) is 5.92 Å². The number of rotatable bonds is 10. The summed E-state index contributed by atoms with van der Waals surface area (Å²) in [5.74, 6) is 1.70. The molecule has 4 nitrogen and oxygen atoms in total. The van der Waals surface area contributed by atoms with Gasteiger partial charge in [0.2, 0.25) is 0 Å². The van der Waals surface area contributed by atoms with Crippen molar-refractivity contribution in [3.05, 3.63) is 24.2 Å². The molecule has 4 heteroatoms. The molecule has 0 fully saturated rings. The Morgan fingerprint density at radius 3 is 2.50 bits per heavy atom. The van der Waals surface area contributed by atoms with E-state index in [0.29, 0.717) is 12.0 Å². The monoisotopic (exact) mass is 281 g/mol. The summed E-state index contributed by atoms with van der Waals surface area (Å²) in [6.45, 7) is 12.0. The third kappa shape index (κ3) is 7.08. The first kappa shape index (κ1) is 17.2. The van der Waals surface area contributed by atoms with Crippen molar-refractivity contribution in [2.45, 2.75) is 33.4 Å². The predicted octanol–water partition coefficient (Wildman–Crippen LogP) is 2.28. The van der Waals surface area contributed by atoms with Gasteiger partial charge in [-0.05, 0) is 39.1 Å². The summed E-state index contributed by atoms with van der Waals surface area (Å²) in [7, 11) is 4.26. The van der Waals surface area contributed by atoms with Crippen LogP contribution in [0.1, 0.15) is 26.5 Å². The lowest BCUT2D eigenvalue weighted by Gasteiger charge is -2.31. The van der Waals surface area contributed by atoms with E-state index < -0.39 is 0 Å². The van der Waals surface area contributed by atoms with E-state index in [9.17, 15) is 0 Å². The van der Waals surface area contributed by atoms with Crippen molar-refractivity contribution < 1.29 is 4.42 Å². The standard InChI is InChI=1S/C16H31N3O/c1-14(2)13-19(9-8-18(4)5)15(3)11-17-12-16-7-6-10-20-16/h6-7,10,14-15,17H,8-9,11-13H2,1-5H3. The molecule has 0 bridgehead atoms. The van der Waals surface area contributed by atoms with Crippen molar-refractivity contribution >= 4 is 0 Å². The summed E-state index contributed by atoms with van der Waals surface area (Å²) in [6, 6.07) is 4.48. The van der Waals surface area contributed by atoms with Crippen LogP contribution in [-0.4, -0.2) is 56.1 Å². The van der Waals surface area contributed by atoms with E-state index in [2.05, 4.69) is 50.0 Å². The molecule has 0 amide bonds. The Hall–Kier alpha value is -0.840. The van der Waals surface area contributed by atoms with Crippen molar-refractivity contribution in [3.8, 4) is 0 Å². The van der Waals surface area contributed by atoms with Crippen LogP contribution in [0.4, 0.5) is 0 Å². The van der Waals surface area contributed by atoms with Gasteiger partial charge in [0.25, 0.3) is 0 Å². The van der Waals surface area contributed by atoms with Gasteiger partial charge in [-0.15, -0.1) is 0 Å². The zero-order chi connectivity index (χ0) is 15.0. The molecule has 20 heavy (non-hydrogen) atoms. The molecule has 1 rings (SSSR count). The van der Waals surface area contributed by atoms with Crippen LogP contribution >= 0.6 is 0 Å². The van der Waals surface area contributed by atoms with Crippen LogP contribution in [-0.2, 0) is 6.54 Å². The van der Waals surface area contributed by atoms with Crippen LogP contribution in [0.2, 0.25) is 0 Å². The molecular formula is C16H31N3O. The lowest BCUT2D eigenvalue weighted by Crippen LogP contribution is -2.44. The lowest BCUT2D eigenvalue weighted by atomic mass is 10.1. The molecule has 1 unspecified atom stereocenters. The van der Waals surface area contributed by atoms with Crippen molar-refractivity contribution in [3.63, 3.8) is 0 Å². The van der Waals surface area contributed by atoms with Crippen molar-refractivity contribution in [1.29, 1.82) is 0 Å². The summed E-state index contributed by atoms with van der Waals surface area (Å²) in [5, 5.41) is 3.48. The molecule has 1 heterocycles. The number of likely N-dealkylation sites (N-methyl/N-ethyl adjacent to an activating group) is 1. The average molecular weight is 281 g/mol. The first-order valence-corrected chi connectivity index (χ1v) is 7.61. The molecular weight excluding hydrogens is 250 g/mol. The Bertz CT molecular complexity index is 336. The highest BCUT2D eigenvalue weighted by Gasteiger charge is 2.15. The minimum absolute atomic E-state index is 0.535. The van der Waals surface area contributed by atoms with E-state index in [4.69, 9.17) is 4.42 Å². The highest BCUT2D eigenvalue weighted by atomic mass is 16.3. The molecule has 0 saturated carbocycles. The fourth-order valence-electron chi connectivity index (χ4n) is 2.24. The highest BCUT2D eigenvalue weighted by Crippen LogP contribution is 2.05. The molecule has 0 spiro atoms. The summed E-state index contributed by atoms with van der Waals surface area (Å²) >= 11 is 0. The van der Waals surface area contributed by atoms with Gasteiger partial charge >= 0.3 is 0 Å². The molecule has 116 valence electrons. The third-order valence-corrected chi connectivity index (χ3v) is 3.38. The van der Waals surface area contributed by atoms with Crippen molar-refractivity contribution in [1.82, 2.24) is 15.1 Å². The third-order valence-electron chi connectivity index (χ3n) is 3.38. The molecule has 0 aliphatic rings. The van der Waals surface area contributed by atoms with Gasteiger partial charge < -0.3 is 14.6 Å². The highest BCUT2D eigenvalue weighted by molar-refractivity contribution is 4.97. The maximum Gasteiger partial charge on any atom is 0.117 e. The topological polar surface area (TPSA) is 31.6 Å². The molecule has 1 aromatic rings. The Kier molecular flexibility index (Phi) is 7.88. The molecule has 1 N–H and O–H groups in total. The first-order valence-electron chi connectivity index (χ1n) is 7.61. The number of hydrogen-bond acceptors (Lipinski definition) is 4. The van der Waals surface area contributed by atoms with Gasteiger partial charge in [-0.25, -0.2) is 0 Å². The molecule has 0 radical (unpaired) electrons. The normalized spacial score (nSPS) is 13.6. The average Bonchev–Trinajstić information content (AvgIpc) is 2.86. The minimum atomic E-state index is 0.535. The van der Waals surface area contributed by atoms with E-state index in [0.717, 1.165) is 38.5 Å². The Morgan fingerprint density at radius 1 is 1.20 bits per heavy atom. The minimum Gasteiger partial charge on any atom is -0.468 e. The van der Waals surface area contributed by atoms with Crippen molar-refractivity contribution in [2.24, 2.45) is 5.92 Å². The van der Waals surface area contributed by atoms with E-state index in [1.165, 1.54) is 0 Å². The van der Waals surface area contributed by atoms with E-state index in [-0.39, 0.29) is 0 Å². The van der Waals surface area contributed by atoms with Crippen LogP contribution < -0.4 is 5.32 Å². The fraction of sp³-hybridized carbons (Fsp3) is 0.750. The number of nitrogens with one attached hydrogen (secondary N) is 1. The zero-order valence-corrected chi connectivity index (χ0v) is 13.7. The van der Waals surface area contributed by atoms with Crippen LogP contribution in [0.5, 0.6) is 0 Å². The molecule has 0 aromatic carbocycles. The molecule has 0 aliphatic carbocycles. The van der Waals surface area contributed by atoms with E-state index in [1.807, 2.05) is 12.1 Å². The van der Waals surface area contributed by atoms with Gasteiger partial charge in [-0.2, -0.15) is 0 Å². The summed E-state index contributed by atoms with van der Waals surface area (Å²) in [5.41, 5.74) is 0. The van der Waals surface area contributed by atoms with E-state index in [1.54, 1.807) is 6.26 Å². The maximum atomic E-state index is 5.34. The predicted molar refractivity (Wildman–Crippen MR) is 84.8 cm³/mol. The van der Waals surface area contributed by atoms with E-state index >= 15 is 0 Å². The Balaban J connectivity index is 2.34. The summed E-state index contributed by atoms with van der Waals surface area (Å²) in [6.07, 6.45) is 1.72. The van der Waals surface area contributed by atoms with Gasteiger partial charge in [-0.1, -0.05) is 13.8 Å². The Labute approximate surface area is 124 Å². The largest absolute Gasteiger partial charge is 0.468 e. The molecule has 0 aliphatic heterocycles. The SMILES string of the molecule is CC(C)CN(CCN(C)C)C(C)CNCc1ccco1. The second-order valence-corrected chi connectivity index (χ2v) is 6.25. The van der Waals surface area contributed by atoms with Gasteiger partial charge in [0.15, 0.2) is 0 Å².